The number of nitrogens with zero attached hydrogens (tertiary/aromatic N) is 2. The molecule has 33 heavy (non-hydrogen) atoms. The number of anilines is 1. The van der Waals surface area contributed by atoms with Crippen LogP contribution in [0, 0.1) is 5.82 Å². The van der Waals surface area contributed by atoms with Gasteiger partial charge in [0.1, 0.15) is 5.82 Å². The number of halogens is 1. The lowest BCUT2D eigenvalue weighted by Gasteiger charge is -2.31. The molecule has 0 unspecified atom stereocenters. The van der Waals surface area contributed by atoms with E-state index in [1.54, 1.807) is 23.1 Å². The smallest absolute Gasteiger partial charge is 0.318 e. The molecule has 1 N–H and O–H groups in total. The highest BCUT2D eigenvalue weighted by Crippen LogP contribution is 2.37. The molecule has 4 aromatic rings. The van der Waals surface area contributed by atoms with Crippen molar-refractivity contribution in [3.05, 3.63) is 119 Å². The van der Waals surface area contributed by atoms with Crippen molar-refractivity contribution in [3.63, 3.8) is 0 Å². The van der Waals surface area contributed by atoms with E-state index in [9.17, 15) is 9.18 Å². The maximum atomic E-state index is 14.3. The summed E-state index contributed by atoms with van der Waals surface area (Å²) in [5.41, 5.74) is 5.48. The average Bonchev–Trinajstić information content (AvgIpc) is 3.25. The highest BCUT2D eigenvalue weighted by molar-refractivity contribution is 5.90. The molecule has 0 spiro atoms. The Hall–Kier alpha value is -3.86. The van der Waals surface area contributed by atoms with Gasteiger partial charge in [-0.1, -0.05) is 68.4 Å². The molecule has 0 bridgehead atoms. The van der Waals surface area contributed by atoms with Gasteiger partial charge in [0.05, 0.1) is 24.0 Å². The van der Waals surface area contributed by atoms with Crippen molar-refractivity contribution in [2.45, 2.75) is 32.4 Å². The third-order valence-corrected chi connectivity index (χ3v) is 6.26. The Morgan fingerprint density at radius 2 is 1.67 bits per heavy atom. The standard InChI is InChI=1S/C28H26FN3O/c1-19(2)20-13-15-21(16-14-20)27-26-12-7-17-31(26)25-11-6-3-8-22(25)18-32(27)28(33)30-24-10-5-4-9-23(24)29/h3-17,19,27H,18H2,1-2H3,(H,30,33)/t27-/m0/s1. The van der Waals surface area contributed by atoms with Gasteiger partial charge in [0.15, 0.2) is 0 Å². The highest BCUT2D eigenvalue weighted by Gasteiger charge is 2.33. The normalized spacial score (nSPS) is 15.0. The molecule has 1 atom stereocenters. The number of rotatable bonds is 3. The number of fused-ring (bicyclic) bond motifs is 3. The average molecular weight is 440 g/mol. The SMILES string of the molecule is CC(C)c1ccc([C@H]2c3cccn3-c3ccccc3CN2C(=O)Nc2ccccc2F)cc1. The molecule has 1 aliphatic rings. The molecule has 2 heterocycles. The van der Waals surface area contributed by atoms with Gasteiger partial charge in [-0.25, -0.2) is 9.18 Å². The Kier molecular flexibility index (Phi) is 5.47. The van der Waals surface area contributed by atoms with Gasteiger partial charge in [-0.2, -0.15) is 0 Å². The molecule has 0 saturated heterocycles. The van der Waals surface area contributed by atoms with Crippen molar-refractivity contribution in [1.29, 1.82) is 0 Å². The highest BCUT2D eigenvalue weighted by atomic mass is 19.1. The zero-order valence-corrected chi connectivity index (χ0v) is 18.7. The third-order valence-electron chi connectivity index (χ3n) is 6.26. The Morgan fingerprint density at radius 1 is 0.939 bits per heavy atom. The molecule has 5 heteroatoms. The first-order valence-electron chi connectivity index (χ1n) is 11.2. The van der Waals surface area contributed by atoms with Crippen molar-refractivity contribution >= 4 is 11.7 Å². The van der Waals surface area contributed by atoms with E-state index >= 15 is 0 Å². The van der Waals surface area contributed by atoms with Crippen molar-refractivity contribution in [2.75, 3.05) is 5.32 Å². The maximum absolute atomic E-state index is 14.3. The van der Waals surface area contributed by atoms with Crippen molar-refractivity contribution in [3.8, 4) is 5.69 Å². The van der Waals surface area contributed by atoms with Gasteiger partial charge in [0.2, 0.25) is 0 Å². The van der Waals surface area contributed by atoms with Crippen LogP contribution in [0.1, 0.15) is 48.2 Å². The fourth-order valence-electron chi connectivity index (χ4n) is 4.50. The molecule has 0 aliphatic carbocycles. The molecule has 1 aromatic heterocycles. The van der Waals surface area contributed by atoms with Gasteiger partial charge in [-0.3, -0.25) is 0 Å². The van der Waals surface area contributed by atoms with E-state index in [1.807, 2.05) is 36.5 Å². The van der Waals surface area contributed by atoms with Crippen LogP contribution in [0.15, 0.2) is 91.1 Å². The van der Waals surface area contributed by atoms with E-state index in [4.69, 9.17) is 0 Å². The van der Waals surface area contributed by atoms with Crippen molar-refractivity contribution < 1.29 is 9.18 Å². The van der Waals surface area contributed by atoms with E-state index in [-0.39, 0.29) is 17.8 Å². The topological polar surface area (TPSA) is 37.3 Å². The minimum absolute atomic E-state index is 0.171. The van der Waals surface area contributed by atoms with E-state index in [1.165, 1.54) is 11.6 Å². The lowest BCUT2D eigenvalue weighted by Crippen LogP contribution is -2.38. The zero-order valence-electron chi connectivity index (χ0n) is 18.7. The minimum Gasteiger partial charge on any atom is -0.318 e. The maximum Gasteiger partial charge on any atom is 0.323 e. The fraction of sp³-hybridized carbons (Fsp3) is 0.179. The number of carbonyl (C=O) groups excluding carboxylic acids is 1. The number of para-hydroxylation sites is 2. The van der Waals surface area contributed by atoms with Crippen molar-refractivity contribution in [2.24, 2.45) is 0 Å². The molecule has 0 saturated carbocycles. The molecular formula is C28H26FN3O. The number of carbonyl (C=O) groups is 1. The lowest BCUT2D eigenvalue weighted by molar-refractivity contribution is 0.194. The Balaban J connectivity index is 1.62. The summed E-state index contributed by atoms with van der Waals surface area (Å²) >= 11 is 0. The number of benzene rings is 3. The second kappa shape index (κ2) is 8.58. The summed E-state index contributed by atoms with van der Waals surface area (Å²) in [6.07, 6.45) is 2.03. The van der Waals surface area contributed by atoms with Crippen LogP contribution in [0.5, 0.6) is 0 Å². The van der Waals surface area contributed by atoms with Gasteiger partial charge < -0.3 is 14.8 Å². The quantitative estimate of drug-likeness (QED) is 0.371. The van der Waals surface area contributed by atoms with Crippen LogP contribution >= 0.6 is 0 Å². The molecule has 166 valence electrons. The van der Waals surface area contributed by atoms with Crippen LogP contribution in [0.25, 0.3) is 5.69 Å². The number of urea groups is 1. The summed E-state index contributed by atoms with van der Waals surface area (Å²) in [6.45, 7) is 4.72. The first-order valence-corrected chi connectivity index (χ1v) is 11.2. The summed E-state index contributed by atoms with van der Waals surface area (Å²) in [7, 11) is 0. The van der Waals surface area contributed by atoms with Crippen LogP contribution in [0.2, 0.25) is 0 Å². The Labute approximate surface area is 193 Å². The van der Waals surface area contributed by atoms with E-state index in [0.717, 1.165) is 22.5 Å². The number of aromatic nitrogens is 1. The van der Waals surface area contributed by atoms with Crippen LogP contribution < -0.4 is 5.32 Å². The van der Waals surface area contributed by atoms with Crippen LogP contribution in [-0.2, 0) is 6.54 Å². The number of hydrogen-bond acceptors (Lipinski definition) is 1. The second-order valence-corrected chi connectivity index (χ2v) is 8.69. The molecule has 2 amide bonds. The van der Waals surface area contributed by atoms with Gasteiger partial charge in [-0.05, 0) is 52.9 Å². The summed E-state index contributed by atoms with van der Waals surface area (Å²) in [5.74, 6) is -0.0379. The Bertz CT molecular complexity index is 1290. The molecule has 0 fully saturated rings. The predicted octanol–water partition coefficient (Wildman–Crippen LogP) is 6.88. The summed E-state index contributed by atoms with van der Waals surface area (Å²) < 4.78 is 16.5. The van der Waals surface area contributed by atoms with E-state index in [0.29, 0.717) is 12.5 Å². The number of nitrogens with one attached hydrogen (secondary N) is 1. The summed E-state index contributed by atoms with van der Waals surface area (Å²) in [4.78, 5) is 15.4. The van der Waals surface area contributed by atoms with Gasteiger partial charge in [-0.15, -0.1) is 0 Å². The van der Waals surface area contributed by atoms with Crippen LogP contribution in [-0.4, -0.2) is 15.5 Å². The molecule has 4 nitrogen and oxygen atoms in total. The first-order chi connectivity index (χ1) is 16.0. The summed E-state index contributed by atoms with van der Waals surface area (Å²) in [6, 6.07) is 26.1. The second-order valence-electron chi connectivity index (χ2n) is 8.69. The fourth-order valence-corrected chi connectivity index (χ4v) is 4.50. The molecule has 3 aromatic carbocycles. The molecule has 1 aliphatic heterocycles. The Morgan fingerprint density at radius 3 is 2.42 bits per heavy atom. The summed E-state index contributed by atoms with van der Waals surface area (Å²) in [5, 5.41) is 2.79. The molecular weight excluding hydrogens is 413 g/mol. The van der Waals surface area contributed by atoms with Gasteiger partial charge >= 0.3 is 6.03 Å². The molecule has 5 rings (SSSR count). The third kappa shape index (κ3) is 3.91. The number of amides is 2. The zero-order chi connectivity index (χ0) is 22.9. The van der Waals surface area contributed by atoms with Gasteiger partial charge in [0.25, 0.3) is 0 Å². The van der Waals surface area contributed by atoms with Crippen LogP contribution in [0.4, 0.5) is 14.9 Å². The first kappa shape index (κ1) is 21.0. The van der Waals surface area contributed by atoms with E-state index in [2.05, 4.69) is 54.1 Å². The van der Waals surface area contributed by atoms with Crippen LogP contribution in [0.3, 0.4) is 0 Å². The largest absolute Gasteiger partial charge is 0.323 e. The minimum atomic E-state index is -0.456. The predicted molar refractivity (Wildman–Crippen MR) is 129 cm³/mol. The monoisotopic (exact) mass is 439 g/mol. The lowest BCUT2D eigenvalue weighted by atomic mass is 9.97. The van der Waals surface area contributed by atoms with Gasteiger partial charge in [0, 0.05) is 11.9 Å². The van der Waals surface area contributed by atoms with E-state index < -0.39 is 5.82 Å². The molecule has 0 radical (unpaired) electrons. The van der Waals surface area contributed by atoms with Crippen molar-refractivity contribution in [1.82, 2.24) is 9.47 Å². The number of hydrogen-bond donors (Lipinski definition) is 1.